The predicted octanol–water partition coefficient (Wildman–Crippen LogP) is 3.69. The maximum atomic E-state index is 5.24. The zero-order chi connectivity index (χ0) is 14.9. The van der Waals surface area contributed by atoms with Crippen LogP contribution >= 0.6 is 0 Å². The molecule has 1 saturated heterocycles. The van der Waals surface area contributed by atoms with Crippen LogP contribution in [0.5, 0.6) is 5.75 Å². The fraction of sp³-hybridized carbons (Fsp3) is 0.389. The second-order valence-corrected chi connectivity index (χ2v) is 6.26. The first-order valence-electron chi connectivity index (χ1n) is 7.42. The van der Waals surface area contributed by atoms with Gasteiger partial charge in [0.1, 0.15) is 5.75 Å². The number of hydrogen-bond donors (Lipinski definition) is 1. The minimum absolute atomic E-state index is 0.0753. The van der Waals surface area contributed by atoms with Crippen LogP contribution in [-0.2, 0) is 0 Å². The SMILES string of the molecule is COc1ccc(C2CC(c3ccncc3)C(C)(C)N2)cc1. The van der Waals surface area contributed by atoms with E-state index in [0.717, 1.165) is 12.2 Å². The van der Waals surface area contributed by atoms with Crippen LogP contribution in [0, 0.1) is 0 Å². The lowest BCUT2D eigenvalue weighted by molar-refractivity contribution is 0.397. The van der Waals surface area contributed by atoms with Gasteiger partial charge >= 0.3 is 0 Å². The van der Waals surface area contributed by atoms with Gasteiger partial charge in [0.25, 0.3) is 0 Å². The van der Waals surface area contributed by atoms with E-state index in [1.54, 1.807) is 7.11 Å². The molecule has 110 valence electrons. The Balaban J connectivity index is 1.84. The highest BCUT2D eigenvalue weighted by Crippen LogP contribution is 2.43. The molecule has 2 unspecified atom stereocenters. The summed E-state index contributed by atoms with van der Waals surface area (Å²) in [6.07, 6.45) is 4.86. The normalized spacial score (nSPS) is 24.0. The zero-order valence-corrected chi connectivity index (χ0v) is 12.8. The van der Waals surface area contributed by atoms with Crippen molar-refractivity contribution in [2.45, 2.75) is 37.8 Å². The van der Waals surface area contributed by atoms with Crippen molar-refractivity contribution in [3.8, 4) is 5.75 Å². The highest BCUT2D eigenvalue weighted by molar-refractivity contribution is 5.32. The summed E-state index contributed by atoms with van der Waals surface area (Å²) in [7, 11) is 1.70. The zero-order valence-electron chi connectivity index (χ0n) is 12.8. The second-order valence-electron chi connectivity index (χ2n) is 6.26. The smallest absolute Gasteiger partial charge is 0.118 e. The minimum atomic E-state index is 0.0753. The van der Waals surface area contributed by atoms with Crippen LogP contribution < -0.4 is 10.1 Å². The summed E-state index contributed by atoms with van der Waals surface area (Å²) in [5.74, 6) is 1.40. The third-order valence-corrected chi connectivity index (χ3v) is 4.52. The maximum Gasteiger partial charge on any atom is 0.118 e. The van der Waals surface area contributed by atoms with Gasteiger partial charge in [0, 0.05) is 29.9 Å². The highest BCUT2D eigenvalue weighted by atomic mass is 16.5. The molecule has 21 heavy (non-hydrogen) atoms. The van der Waals surface area contributed by atoms with E-state index in [0.29, 0.717) is 12.0 Å². The quantitative estimate of drug-likeness (QED) is 0.932. The predicted molar refractivity (Wildman–Crippen MR) is 84.5 cm³/mol. The number of nitrogens with one attached hydrogen (secondary N) is 1. The second kappa shape index (κ2) is 5.49. The van der Waals surface area contributed by atoms with E-state index in [2.05, 4.69) is 48.4 Å². The average Bonchev–Trinajstić information content (AvgIpc) is 2.84. The molecule has 3 nitrogen and oxygen atoms in total. The van der Waals surface area contributed by atoms with Crippen molar-refractivity contribution < 1.29 is 4.74 Å². The van der Waals surface area contributed by atoms with Crippen molar-refractivity contribution in [2.24, 2.45) is 0 Å². The summed E-state index contributed by atoms with van der Waals surface area (Å²) < 4.78 is 5.24. The Morgan fingerprint density at radius 2 is 1.71 bits per heavy atom. The van der Waals surface area contributed by atoms with E-state index in [4.69, 9.17) is 4.74 Å². The summed E-state index contributed by atoms with van der Waals surface area (Å²) in [6.45, 7) is 4.56. The van der Waals surface area contributed by atoms with E-state index < -0.39 is 0 Å². The average molecular weight is 282 g/mol. The molecule has 3 heteroatoms. The molecular formula is C18H22N2O. The van der Waals surface area contributed by atoms with Crippen molar-refractivity contribution in [2.75, 3.05) is 7.11 Å². The number of ether oxygens (including phenoxy) is 1. The van der Waals surface area contributed by atoms with Crippen LogP contribution in [0.3, 0.4) is 0 Å². The summed E-state index contributed by atoms with van der Waals surface area (Å²) in [4.78, 5) is 4.13. The molecule has 1 fully saturated rings. The van der Waals surface area contributed by atoms with Gasteiger partial charge in [0.2, 0.25) is 0 Å². The molecule has 2 heterocycles. The van der Waals surface area contributed by atoms with Gasteiger partial charge in [0.05, 0.1) is 7.11 Å². The first-order valence-corrected chi connectivity index (χ1v) is 7.42. The molecule has 0 bridgehead atoms. The number of methoxy groups -OCH3 is 1. The number of benzene rings is 1. The lowest BCUT2D eigenvalue weighted by Crippen LogP contribution is -2.37. The minimum Gasteiger partial charge on any atom is -0.497 e. The van der Waals surface area contributed by atoms with Crippen molar-refractivity contribution >= 4 is 0 Å². The molecule has 3 rings (SSSR count). The first kappa shape index (κ1) is 14.1. The first-order chi connectivity index (χ1) is 10.1. The third-order valence-electron chi connectivity index (χ3n) is 4.52. The number of rotatable bonds is 3. The highest BCUT2D eigenvalue weighted by Gasteiger charge is 2.40. The molecular weight excluding hydrogens is 260 g/mol. The molecule has 0 spiro atoms. The molecule has 0 radical (unpaired) electrons. The number of nitrogens with zero attached hydrogens (tertiary/aromatic N) is 1. The van der Waals surface area contributed by atoms with Gasteiger partial charge in [-0.25, -0.2) is 0 Å². The lowest BCUT2D eigenvalue weighted by Gasteiger charge is -2.27. The van der Waals surface area contributed by atoms with E-state index >= 15 is 0 Å². The van der Waals surface area contributed by atoms with E-state index in [1.807, 2.05) is 24.5 Å². The standard InChI is InChI=1S/C18H22N2O/c1-18(2)16(13-8-10-19-11-9-13)12-17(20-18)14-4-6-15(21-3)7-5-14/h4-11,16-17,20H,12H2,1-3H3. The Morgan fingerprint density at radius 3 is 2.33 bits per heavy atom. The van der Waals surface area contributed by atoms with E-state index in [9.17, 15) is 0 Å². The fourth-order valence-electron chi connectivity index (χ4n) is 3.34. The van der Waals surface area contributed by atoms with E-state index in [-0.39, 0.29) is 5.54 Å². The molecule has 1 N–H and O–H groups in total. The largest absolute Gasteiger partial charge is 0.497 e. The van der Waals surface area contributed by atoms with Crippen molar-refractivity contribution in [3.63, 3.8) is 0 Å². The Labute approximate surface area is 126 Å². The lowest BCUT2D eigenvalue weighted by atomic mass is 9.83. The van der Waals surface area contributed by atoms with Crippen LogP contribution in [0.15, 0.2) is 48.8 Å². The van der Waals surface area contributed by atoms with Crippen molar-refractivity contribution in [3.05, 3.63) is 59.9 Å². The monoisotopic (exact) mass is 282 g/mol. The van der Waals surface area contributed by atoms with Gasteiger partial charge in [-0.3, -0.25) is 4.98 Å². The Morgan fingerprint density at radius 1 is 1.05 bits per heavy atom. The topological polar surface area (TPSA) is 34.1 Å². The molecule has 0 amide bonds. The van der Waals surface area contributed by atoms with Gasteiger partial charge in [-0.1, -0.05) is 12.1 Å². The molecule has 1 aliphatic rings. The fourth-order valence-corrected chi connectivity index (χ4v) is 3.34. The Bertz CT molecular complexity index is 592. The molecule has 2 aromatic rings. The number of pyridine rings is 1. The molecule has 1 aromatic carbocycles. The van der Waals surface area contributed by atoms with Gasteiger partial charge in [0.15, 0.2) is 0 Å². The van der Waals surface area contributed by atoms with Gasteiger partial charge in [-0.05, 0) is 55.7 Å². The van der Waals surface area contributed by atoms with E-state index in [1.165, 1.54) is 11.1 Å². The van der Waals surface area contributed by atoms with Gasteiger partial charge in [-0.15, -0.1) is 0 Å². The van der Waals surface area contributed by atoms with Crippen LogP contribution in [0.25, 0.3) is 0 Å². The summed E-state index contributed by atoms with van der Waals surface area (Å²) in [6, 6.07) is 13.0. The molecule has 1 aliphatic heterocycles. The van der Waals surface area contributed by atoms with Crippen LogP contribution in [0.1, 0.15) is 43.4 Å². The Kier molecular flexibility index (Phi) is 3.68. The molecule has 1 aromatic heterocycles. The molecule has 0 aliphatic carbocycles. The third kappa shape index (κ3) is 2.79. The number of hydrogen-bond acceptors (Lipinski definition) is 3. The van der Waals surface area contributed by atoms with Gasteiger partial charge < -0.3 is 10.1 Å². The van der Waals surface area contributed by atoms with Crippen LogP contribution in [0.2, 0.25) is 0 Å². The van der Waals surface area contributed by atoms with Crippen LogP contribution in [-0.4, -0.2) is 17.6 Å². The summed E-state index contributed by atoms with van der Waals surface area (Å²) in [5.41, 5.74) is 2.75. The maximum absolute atomic E-state index is 5.24. The molecule has 0 saturated carbocycles. The van der Waals surface area contributed by atoms with Crippen LogP contribution in [0.4, 0.5) is 0 Å². The summed E-state index contributed by atoms with van der Waals surface area (Å²) >= 11 is 0. The summed E-state index contributed by atoms with van der Waals surface area (Å²) in [5, 5.41) is 3.77. The Hall–Kier alpha value is -1.87. The van der Waals surface area contributed by atoms with Gasteiger partial charge in [-0.2, -0.15) is 0 Å². The number of aromatic nitrogens is 1. The van der Waals surface area contributed by atoms with Crippen molar-refractivity contribution in [1.29, 1.82) is 0 Å². The molecule has 2 atom stereocenters. The van der Waals surface area contributed by atoms with Crippen molar-refractivity contribution in [1.82, 2.24) is 10.3 Å².